The summed E-state index contributed by atoms with van der Waals surface area (Å²) < 4.78 is 23.4. The molecule has 0 atom stereocenters. The molecule has 2 aromatic rings. The normalized spacial score (nSPS) is 12.8. The van der Waals surface area contributed by atoms with Crippen LogP contribution in [0.3, 0.4) is 0 Å². The summed E-state index contributed by atoms with van der Waals surface area (Å²) in [7, 11) is 0. The lowest BCUT2D eigenvalue weighted by molar-refractivity contribution is 0.104. The lowest BCUT2D eigenvalue weighted by Gasteiger charge is -2.00. The molecule has 0 aliphatic carbocycles. The fraction of sp³-hybridized carbons (Fsp3) is 0.0625. The van der Waals surface area contributed by atoms with Crippen LogP contribution in [-0.4, -0.2) is 12.6 Å². The van der Waals surface area contributed by atoms with Crippen LogP contribution >= 0.6 is 0 Å². The van der Waals surface area contributed by atoms with Gasteiger partial charge in [-0.05, 0) is 42.5 Å². The first-order valence-electron chi connectivity index (χ1n) is 6.10. The molecule has 0 saturated heterocycles. The van der Waals surface area contributed by atoms with Crippen LogP contribution in [0.25, 0.3) is 6.08 Å². The van der Waals surface area contributed by atoms with Crippen molar-refractivity contribution in [3.8, 4) is 11.5 Å². The topological polar surface area (TPSA) is 35.5 Å². The third-order valence-corrected chi connectivity index (χ3v) is 2.97. The first kappa shape index (κ1) is 12.4. The quantitative estimate of drug-likeness (QED) is 0.633. The molecule has 0 bridgehead atoms. The van der Waals surface area contributed by atoms with Crippen molar-refractivity contribution in [2.24, 2.45) is 0 Å². The van der Waals surface area contributed by atoms with Gasteiger partial charge in [0.1, 0.15) is 5.82 Å². The summed E-state index contributed by atoms with van der Waals surface area (Å²) >= 11 is 0. The van der Waals surface area contributed by atoms with E-state index in [-0.39, 0.29) is 18.4 Å². The van der Waals surface area contributed by atoms with Crippen LogP contribution in [0.5, 0.6) is 11.5 Å². The Balaban J connectivity index is 1.82. The van der Waals surface area contributed by atoms with Gasteiger partial charge in [-0.25, -0.2) is 4.39 Å². The lowest BCUT2D eigenvalue weighted by atomic mass is 10.1. The van der Waals surface area contributed by atoms with Gasteiger partial charge in [0.25, 0.3) is 0 Å². The van der Waals surface area contributed by atoms with Crippen LogP contribution in [0.4, 0.5) is 4.39 Å². The first-order valence-corrected chi connectivity index (χ1v) is 6.10. The van der Waals surface area contributed by atoms with Gasteiger partial charge in [0.15, 0.2) is 17.3 Å². The van der Waals surface area contributed by atoms with E-state index in [2.05, 4.69) is 0 Å². The van der Waals surface area contributed by atoms with Crippen molar-refractivity contribution in [2.75, 3.05) is 6.79 Å². The third kappa shape index (κ3) is 2.40. The number of carbonyl (C=O) groups excluding carboxylic acids is 1. The van der Waals surface area contributed by atoms with E-state index in [4.69, 9.17) is 9.47 Å². The Morgan fingerprint density at radius 2 is 1.90 bits per heavy atom. The van der Waals surface area contributed by atoms with Crippen LogP contribution in [0.2, 0.25) is 0 Å². The SMILES string of the molecule is O=C(C=Cc1cccc2c1OCO2)c1ccc(F)cc1. The second-order valence-corrected chi connectivity index (χ2v) is 4.29. The molecular formula is C16H11FO3. The van der Waals surface area contributed by atoms with Crippen LogP contribution in [-0.2, 0) is 0 Å². The van der Waals surface area contributed by atoms with Gasteiger partial charge in [0.05, 0.1) is 0 Å². The van der Waals surface area contributed by atoms with Gasteiger partial charge in [-0.1, -0.05) is 12.1 Å². The molecule has 4 heteroatoms. The predicted molar refractivity (Wildman–Crippen MR) is 72.3 cm³/mol. The number of ether oxygens (including phenoxy) is 2. The van der Waals surface area contributed by atoms with E-state index in [0.29, 0.717) is 17.1 Å². The highest BCUT2D eigenvalue weighted by atomic mass is 19.1. The molecule has 0 N–H and O–H groups in total. The van der Waals surface area contributed by atoms with Gasteiger partial charge in [-0.2, -0.15) is 0 Å². The van der Waals surface area contributed by atoms with Crippen molar-refractivity contribution in [1.29, 1.82) is 0 Å². The zero-order chi connectivity index (χ0) is 13.9. The summed E-state index contributed by atoms with van der Waals surface area (Å²) in [6.45, 7) is 0.187. The maximum atomic E-state index is 12.8. The fourth-order valence-electron chi connectivity index (χ4n) is 1.96. The van der Waals surface area contributed by atoms with Gasteiger partial charge in [-0.15, -0.1) is 0 Å². The van der Waals surface area contributed by atoms with E-state index in [1.807, 2.05) is 18.2 Å². The zero-order valence-corrected chi connectivity index (χ0v) is 10.5. The molecule has 1 heterocycles. The number of carbonyl (C=O) groups is 1. The van der Waals surface area contributed by atoms with E-state index >= 15 is 0 Å². The van der Waals surface area contributed by atoms with Crippen LogP contribution in [0.15, 0.2) is 48.5 Å². The summed E-state index contributed by atoms with van der Waals surface area (Å²) in [5.74, 6) is 0.746. The number of allylic oxidation sites excluding steroid dienone is 1. The number of fused-ring (bicyclic) bond motifs is 1. The minimum absolute atomic E-state index is 0.187. The number of ketones is 1. The summed E-state index contributed by atoms with van der Waals surface area (Å²) in [5.41, 5.74) is 1.21. The Morgan fingerprint density at radius 1 is 1.10 bits per heavy atom. The average molecular weight is 270 g/mol. The molecule has 0 amide bonds. The highest BCUT2D eigenvalue weighted by Crippen LogP contribution is 2.35. The molecule has 3 rings (SSSR count). The number of rotatable bonds is 3. The van der Waals surface area contributed by atoms with Crippen LogP contribution < -0.4 is 9.47 Å². The Bertz CT molecular complexity index is 675. The Hall–Kier alpha value is -2.62. The van der Waals surface area contributed by atoms with Crippen LogP contribution in [0.1, 0.15) is 15.9 Å². The summed E-state index contributed by atoms with van der Waals surface area (Å²) in [6.07, 6.45) is 3.10. The van der Waals surface area contributed by atoms with E-state index in [1.54, 1.807) is 6.08 Å². The van der Waals surface area contributed by atoms with Gasteiger partial charge >= 0.3 is 0 Å². The maximum absolute atomic E-state index is 12.8. The molecule has 100 valence electrons. The first-order chi connectivity index (χ1) is 9.74. The maximum Gasteiger partial charge on any atom is 0.231 e. The van der Waals surface area contributed by atoms with Crippen LogP contribution in [0, 0.1) is 5.82 Å². The smallest absolute Gasteiger partial charge is 0.231 e. The Labute approximate surface area is 115 Å². The molecule has 0 spiro atoms. The fourth-order valence-corrected chi connectivity index (χ4v) is 1.96. The molecule has 3 nitrogen and oxygen atoms in total. The van der Waals surface area contributed by atoms with Gasteiger partial charge in [0.2, 0.25) is 6.79 Å². The van der Waals surface area contributed by atoms with Crippen molar-refractivity contribution in [2.45, 2.75) is 0 Å². The van der Waals surface area contributed by atoms with E-state index in [0.717, 1.165) is 5.56 Å². The second-order valence-electron chi connectivity index (χ2n) is 4.29. The minimum atomic E-state index is -0.364. The standard InChI is InChI=1S/C16H11FO3/c17-13-7-4-11(5-8-13)14(18)9-6-12-2-1-3-15-16(12)20-10-19-15/h1-9H,10H2. The number of para-hydroxylation sites is 1. The Morgan fingerprint density at radius 3 is 2.70 bits per heavy atom. The lowest BCUT2D eigenvalue weighted by Crippen LogP contribution is -1.95. The van der Waals surface area contributed by atoms with Crippen molar-refractivity contribution in [1.82, 2.24) is 0 Å². The monoisotopic (exact) mass is 270 g/mol. The molecule has 1 aliphatic rings. The molecule has 0 fully saturated rings. The van der Waals surface area contributed by atoms with Crippen molar-refractivity contribution >= 4 is 11.9 Å². The van der Waals surface area contributed by atoms with Crippen molar-refractivity contribution < 1.29 is 18.7 Å². The van der Waals surface area contributed by atoms with Crippen molar-refractivity contribution in [3.63, 3.8) is 0 Å². The molecule has 1 aliphatic heterocycles. The molecule has 20 heavy (non-hydrogen) atoms. The van der Waals surface area contributed by atoms with Gasteiger partial charge in [-0.3, -0.25) is 4.79 Å². The molecule has 0 aromatic heterocycles. The zero-order valence-electron chi connectivity index (χ0n) is 10.5. The van der Waals surface area contributed by atoms with E-state index in [1.165, 1.54) is 30.3 Å². The van der Waals surface area contributed by atoms with E-state index in [9.17, 15) is 9.18 Å². The summed E-state index contributed by atoms with van der Waals surface area (Å²) in [4.78, 5) is 11.9. The average Bonchev–Trinajstić information content (AvgIpc) is 2.94. The number of hydrogen-bond acceptors (Lipinski definition) is 3. The minimum Gasteiger partial charge on any atom is -0.454 e. The molecular weight excluding hydrogens is 259 g/mol. The largest absolute Gasteiger partial charge is 0.454 e. The summed E-state index contributed by atoms with van der Waals surface area (Å²) in [5, 5.41) is 0. The number of hydrogen-bond donors (Lipinski definition) is 0. The highest BCUT2D eigenvalue weighted by Gasteiger charge is 2.15. The molecule has 0 radical (unpaired) electrons. The van der Waals surface area contributed by atoms with Gasteiger partial charge in [0, 0.05) is 11.1 Å². The molecule has 0 unspecified atom stereocenters. The Kier molecular flexibility index (Phi) is 3.21. The number of halogens is 1. The number of benzene rings is 2. The highest BCUT2D eigenvalue weighted by molar-refractivity contribution is 6.06. The van der Waals surface area contributed by atoms with Crippen molar-refractivity contribution in [3.05, 3.63) is 65.5 Å². The molecule has 2 aromatic carbocycles. The molecule has 0 saturated carbocycles. The second kappa shape index (κ2) is 5.17. The third-order valence-electron chi connectivity index (χ3n) is 2.97. The summed E-state index contributed by atoms with van der Waals surface area (Å²) in [6, 6.07) is 10.9. The van der Waals surface area contributed by atoms with Gasteiger partial charge < -0.3 is 9.47 Å². The predicted octanol–water partition coefficient (Wildman–Crippen LogP) is 3.45. The van der Waals surface area contributed by atoms with E-state index < -0.39 is 0 Å².